The Hall–Kier alpha value is -1.06. The van der Waals surface area contributed by atoms with Gasteiger partial charge in [-0.2, -0.15) is 0 Å². The van der Waals surface area contributed by atoms with Gasteiger partial charge in [0.15, 0.2) is 0 Å². The molecule has 0 unspecified atom stereocenters. The molecule has 0 aliphatic heterocycles. The fourth-order valence-corrected chi connectivity index (χ4v) is 1.68. The highest BCUT2D eigenvalue weighted by molar-refractivity contribution is 5.28. The van der Waals surface area contributed by atoms with E-state index in [1.807, 2.05) is 19.2 Å². The second kappa shape index (κ2) is 9.02. The van der Waals surface area contributed by atoms with Gasteiger partial charge >= 0.3 is 0 Å². The minimum Gasteiger partial charge on any atom is -0.492 e. The van der Waals surface area contributed by atoms with Crippen LogP contribution in [0.4, 0.5) is 0 Å². The minimum absolute atomic E-state index is 0.299. The molecule has 0 heterocycles. The maximum atomic E-state index is 8.70. The lowest BCUT2D eigenvalue weighted by molar-refractivity contribution is 0.283. The zero-order valence-electron chi connectivity index (χ0n) is 10.6. The van der Waals surface area contributed by atoms with E-state index in [2.05, 4.69) is 17.4 Å². The third-order valence-corrected chi connectivity index (χ3v) is 2.64. The predicted molar refractivity (Wildman–Crippen MR) is 70.5 cm³/mol. The van der Waals surface area contributed by atoms with Crippen molar-refractivity contribution < 1.29 is 9.84 Å². The van der Waals surface area contributed by atoms with Gasteiger partial charge in [0, 0.05) is 13.2 Å². The molecule has 96 valence electrons. The Kier molecular flexibility index (Phi) is 7.43. The first-order valence-electron chi connectivity index (χ1n) is 6.34. The van der Waals surface area contributed by atoms with Gasteiger partial charge in [0.25, 0.3) is 0 Å². The fourth-order valence-electron chi connectivity index (χ4n) is 1.68. The molecule has 2 N–H and O–H groups in total. The van der Waals surface area contributed by atoms with E-state index >= 15 is 0 Å². The van der Waals surface area contributed by atoms with Gasteiger partial charge in [0.1, 0.15) is 12.4 Å². The van der Waals surface area contributed by atoms with E-state index in [0.717, 1.165) is 38.0 Å². The summed E-state index contributed by atoms with van der Waals surface area (Å²) in [4.78, 5) is 0. The number of hydrogen-bond acceptors (Lipinski definition) is 3. The van der Waals surface area contributed by atoms with Crippen LogP contribution in [0.25, 0.3) is 0 Å². The first kappa shape index (κ1) is 14.0. The first-order chi connectivity index (χ1) is 8.36. The number of aliphatic hydroxyl groups excluding tert-OH is 1. The van der Waals surface area contributed by atoms with Crippen LogP contribution in [-0.2, 0) is 6.42 Å². The Morgan fingerprint density at radius 3 is 2.88 bits per heavy atom. The second-order valence-electron chi connectivity index (χ2n) is 4.13. The molecule has 3 heteroatoms. The van der Waals surface area contributed by atoms with Crippen molar-refractivity contribution in [2.24, 2.45) is 0 Å². The largest absolute Gasteiger partial charge is 0.492 e. The molecule has 0 radical (unpaired) electrons. The Labute approximate surface area is 104 Å². The van der Waals surface area contributed by atoms with E-state index in [9.17, 15) is 0 Å². The van der Waals surface area contributed by atoms with Gasteiger partial charge in [-0.05, 0) is 44.0 Å². The molecule has 0 aromatic heterocycles. The Morgan fingerprint density at radius 1 is 1.24 bits per heavy atom. The molecule has 1 aromatic carbocycles. The maximum Gasteiger partial charge on any atom is 0.119 e. The molecule has 0 aliphatic carbocycles. The average molecular weight is 237 g/mol. The van der Waals surface area contributed by atoms with Gasteiger partial charge < -0.3 is 15.2 Å². The summed E-state index contributed by atoms with van der Waals surface area (Å²) in [5.41, 5.74) is 1.31. The number of likely N-dealkylation sites (N-methyl/N-ethyl adjacent to an activating group) is 1. The highest BCUT2D eigenvalue weighted by Gasteiger charge is 1.97. The lowest BCUT2D eigenvalue weighted by Crippen LogP contribution is -2.15. The van der Waals surface area contributed by atoms with Gasteiger partial charge in [0.2, 0.25) is 0 Å². The number of ether oxygens (including phenoxy) is 1. The van der Waals surface area contributed by atoms with Crippen LogP contribution in [0.3, 0.4) is 0 Å². The van der Waals surface area contributed by atoms with Gasteiger partial charge in [-0.1, -0.05) is 18.6 Å². The van der Waals surface area contributed by atoms with E-state index in [0.29, 0.717) is 13.2 Å². The van der Waals surface area contributed by atoms with E-state index in [-0.39, 0.29) is 0 Å². The van der Waals surface area contributed by atoms with Crippen LogP contribution in [0, 0.1) is 0 Å². The molecule has 1 aromatic rings. The molecule has 0 saturated carbocycles. The van der Waals surface area contributed by atoms with Crippen LogP contribution < -0.4 is 10.1 Å². The van der Waals surface area contributed by atoms with Crippen LogP contribution in [0.15, 0.2) is 24.3 Å². The summed E-state index contributed by atoms with van der Waals surface area (Å²) >= 11 is 0. The molecule has 0 saturated heterocycles. The summed E-state index contributed by atoms with van der Waals surface area (Å²) in [5, 5.41) is 11.8. The molecule has 0 amide bonds. The van der Waals surface area contributed by atoms with Gasteiger partial charge in [0.05, 0.1) is 0 Å². The quantitative estimate of drug-likeness (QED) is 0.645. The van der Waals surface area contributed by atoms with E-state index in [1.54, 1.807) is 0 Å². The average Bonchev–Trinajstić information content (AvgIpc) is 2.36. The first-order valence-corrected chi connectivity index (χ1v) is 6.34. The number of benzene rings is 1. The number of unbranched alkanes of at least 4 members (excludes halogenated alkanes) is 2. The Bertz CT molecular complexity index is 302. The van der Waals surface area contributed by atoms with E-state index in [1.165, 1.54) is 5.56 Å². The molecule has 0 aliphatic rings. The SMILES string of the molecule is CNCCOc1cccc(CCCCCO)c1. The molecular formula is C14H23NO2. The summed E-state index contributed by atoms with van der Waals surface area (Å²) in [6, 6.07) is 8.27. The Morgan fingerprint density at radius 2 is 2.12 bits per heavy atom. The molecule has 0 fully saturated rings. The molecule has 0 spiro atoms. The van der Waals surface area contributed by atoms with Crippen LogP contribution in [0.2, 0.25) is 0 Å². The molecular weight excluding hydrogens is 214 g/mol. The van der Waals surface area contributed by atoms with E-state index < -0.39 is 0 Å². The second-order valence-corrected chi connectivity index (χ2v) is 4.13. The molecule has 0 bridgehead atoms. The third kappa shape index (κ3) is 6.29. The standard InChI is InChI=1S/C14H23NO2/c1-15-9-11-17-14-8-5-7-13(12-14)6-3-2-4-10-16/h5,7-8,12,15-16H,2-4,6,9-11H2,1H3. The number of rotatable bonds is 9. The lowest BCUT2D eigenvalue weighted by atomic mass is 10.1. The van der Waals surface area contributed by atoms with Crippen molar-refractivity contribution in [3.05, 3.63) is 29.8 Å². The van der Waals surface area contributed by atoms with Crippen molar-refractivity contribution in [2.45, 2.75) is 25.7 Å². The van der Waals surface area contributed by atoms with Gasteiger partial charge in [-0.3, -0.25) is 0 Å². The van der Waals surface area contributed by atoms with Crippen LogP contribution in [-0.4, -0.2) is 31.9 Å². The zero-order valence-corrected chi connectivity index (χ0v) is 10.6. The third-order valence-electron chi connectivity index (χ3n) is 2.64. The number of aryl methyl sites for hydroxylation is 1. The normalized spacial score (nSPS) is 10.5. The zero-order chi connectivity index (χ0) is 12.3. The van der Waals surface area contributed by atoms with Crippen molar-refractivity contribution in [2.75, 3.05) is 26.8 Å². The summed E-state index contributed by atoms with van der Waals surface area (Å²) in [6.45, 7) is 1.86. The van der Waals surface area contributed by atoms with Crippen molar-refractivity contribution in [1.29, 1.82) is 0 Å². The van der Waals surface area contributed by atoms with Crippen LogP contribution >= 0.6 is 0 Å². The van der Waals surface area contributed by atoms with Crippen LogP contribution in [0.1, 0.15) is 24.8 Å². The maximum absolute atomic E-state index is 8.70. The lowest BCUT2D eigenvalue weighted by Gasteiger charge is -2.07. The van der Waals surface area contributed by atoms with E-state index in [4.69, 9.17) is 9.84 Å². The summed E-state index contributed by atoms with van der Waals surface area (Å²) in [7, 11) is 1.92. The summed E-state index contributed by atoms with van der Waals surface area (Å²) in [5.74, 6) is 0.944. The Balaban J connectivity index is 2.31. The molecule has 1 rings (SSSR count). The summed E-state index contributed by atoms with van der Waals surface area (Å²) < 4.78 is 5.61. The van der Waals surface area contributed by atoms with Crippen molar-refractivity contribution in [3.8, 4) is 5.75 Å². The number of aliphatic hydroxyl groups is 1. The summed E-state index contributed by atoms with van der Waals surface area (Å²) in [6.07, 6.45) is 4.17. The fraction of sp³-hybridized carbons (Fsp3) is 0.571. The molecule has 0 atom stereocenters. The smallest absolute Gasteiger partial charge is 0.119 e. The van der Waals surface area contributed by atoms with Crippen molar-refractivity contribution in [3.63, 3.8) is 0 Å². The highest BCUT2D eigenvalue weighted by atomic mass is 16.5. The molecule has 17 heavy (non-hydrogen) atoms. The predicted octanol–water partition coefficient (Wildman–Crippen LogP) is 1.99. The molecule has 3 nitrogen and oxygen atoms in total. The number of hydrogen-bond donors (Lipinski definition) is 2. The van der Waals surface area contributed by atoms with Crippen molar-refractivity contribution in [1.82, 2.24) is 5.32 Å². The minimum atomic E-state index is 0.299. The monoisotopic (exact) mass is 237 g/mol. The van der Waals surface area contributed by atoms with Crippen molar-refractivity contribution >= 4 is 0 Å². The van der Waals surface area contributed by atoms with Crippen LogP contribution in [0.5, 0.6) is 5.75 Å². The van der Waals surface area contributed by atoms with Gasteiger partial charge in [-0.15, -0.1) is 0 Å². The highest BCUT2D eigenvalue weighted by Crippen LogP contribution is 2.15. The number of nitrogens with one attached hydrogen (secondary N) is 1. The topological polar surface area (TPSA) is 41.5 Å². The van der Waals surface area contributed by atoms with Gasteiger partial charge in [-0.25, -0.2) is 0 Å².